The molecule has 0 aliphatic heterocycles. The molecule has 0 bridgehead atoms. The number of ether oxygens (including phenoxy) is 1. The fourth-order valence-electron chi connectivity index (χ4n) is 2.18. The molecule has 0 radical (unpaired) electrons. The molecule has 144 valence electrons. The zero-order valence-corrected chi connectivity index (χ0v) is 15.8. The zero-order chi connectivity index (χ0) is 19.9. The summed E-state index contributed by atoms with van der Waals surface area (Å²) in [6, 6.07) is 13.4. The van der Waals surface area contributed by atoms with Crippen molar-refractivity contribution in [2.75, 3.05) is 25.5 Å². The number of anilines is 1. The van der Waals surface area contributed by atoms with Crippen LogP contribution in [0.3, 0.4) is 0 Å². The number of carbonyl (C=O) groups excluding carboxylic acids is 2. The lowest BCUT2D eigenvalue weighted by molar-refractivity contribution is -0.125. The van der Waals surface area contributed by atoms with Gasteiger partial charge in [-0.2, -0.15) is 0 Å². The summed E-state index contributed by atoms with van der Waals surface area (Å²) < 4.78 is 31.5. The van der Waals surface area contributed by atoms with Crippen molar-refractivity contribution in [2.45, 2.75) is 11.8 Å². The molecule has 2 rings (SSSR count). The van der Waals surface area contributed by atoms with Crippen LogP contribution in [0.2, 0.25) is 0 Å². The van der Waals surface area contributed by atoms with Crippen molar-refractivity contribution in [3.8, 4) is 5.75 Å². The summed E-state index contributed by atoms with van der Waals surface area (Å²) in [4.78, 5) is 23.8. The number of sulfonamides is 1. The first-order valence-electron chi connectivity index (χ1n) is 8.10. The van der Waals surface area contributed by atoms with Crippen molar-refractivity contribution in [1.29, 1.82) is 0 Å². The molecule has 0 atom stereocenters. The van der Waals surface area contributed by atoms with Gasteiger partial charge in [-0.15, -0.1) is 0 Å². The summed E-state index contributed by atoms with van der Waals surface area (Å²) in [6.45, 7) is 1.17. The molecule has 9 heteroatoms. The smallest absolute Gasteiger partial charge is 0.258 e. The van der Waals surface area contributed by atoms with Gasteiger partial charge >= 0.3 is 0 Å². The molecule has 0 aromatic heterocycles. The van der Waals surface area contributed by atoms with Gasteiger partial charge < -0.3 is 15.4 Å². The van der Waals surface area contributed by atoms with Gasteiger partial charge in [-0.3, -0.25) is 9.59 Å². The van der Waals surface area contributed by atoms with E-state index in [0.29, 0.717) is 17.0 Å². The van der Waals surface area contributed by atoms with Crippen LogP contribution in [-0.4, -0.2) is 40.4 Å². The minimum atomic E-state index is -3.63. The molecule has 3 N–H and O–H groups in total. The van der Waals surface area contributed by atoms with Crippen LogP contribution in [0.25, 0.3) is 0 Å². The largest absolute Gasteiger partial charge is 0.484 e. The van der Waals surface area contributed by atoms with Crippen LogP contribution in [-0.2, 0) is 19.6 Å². The van der Waals surface area contributed by atoms with E-state index in [-0.39, 0.29) is 18.0 Å². The lowest BCUT2D eigenvalue weighted by Gasteiger charge is -2.11. The van der Waals surface area contributed by atoms with Gasteiger partial charge in [-0.05, 0) is 43.8 Å². The Hall–Kier alpha value is -2.91. The van der Waals surface area contributed by atoms with Gasteiger partial charge in [0.15, 0.2) is 6.61 Å². The highest BCUT2D eigenvalue weighted by Gasteiger charge is 2.16. The number of hydrogen-bond donors (Lipinski definition) is 3. The topological polar surface area (TPSA) is 114 Å². The van der Waals surface area contributed by atoms with Crippen LogP contribution in [0, 0.1) is 6.92 Å². The van der Waals surface area contributed by atoms with Crippen molar-refractivity contribution in [3.63, 3.8) is 0 Å². The molecule has 8 nitrogen and oxygen atoms in total. The molecule has 0 heterocycles. The van der Waals surface area contributed by atoms with Crippen molar-refractivity contribution in [2.24, 2.45) is 0 Å². The molecule has 2 amide bonds. The summed E-state index contributed by atoms with van der Waals surface area (Å²) in [5.41, 5.74) is 0.864. The van der Waals surface area contributed by atoms with Gasteiger partial charge in [0.1, 0.15) is 5.75 Å². The Morgan fingerprint density at radius 3 is 2.41 bits per heavy atom. The summed E-state index contributed by atoms with van der Waals surface area (Å²) in [7, 11) is -2.32. The van der Waals surface area contributed by atoms with Crippen LogP contribution in [0.4, 0.5) is 5.69 Å². The Kier molecular flexibility index (Phi) is 6.91. The van der Waals surface area contributed by atoms with Crippen molar-refractivity contribution >= 4 is 27.5 Å². The highest BCUT2D eigenvalue weighted by atomic mass is 32.2. The fraction of sp³-hybridized carbons (Fsp3) is 0.222. The highest BCUT2D eigenvalue weighted by Crippen LogP contribution is 2.19. The molecule has 2 aromatic carbocycles. The Morgan fingerprint density at radius 2 is 1.74 bits per heavy atom. The average molecular weight is 391 g/mol. The van der Waals surface area contributed by atoms with E-state index >= 15 is 0 Å². The van der Waals surface area contributed by atoms with E-state index in [1.165, 1.54) is 13.1 Å². The average Bonchev–Trinajstić information content (AvgIpc) is 2.67. The third kappa shape index (κ3) is 6.08. The number of aryl methyl sites for hydroxylation is 1. The zero-order valence-electron chi connectivity index (χ0n) is 15.0. The second-order valence-corrected chi connectivity index (χ2v) is 7.47. The van der Waals surface area contributed by atoms with Crippen molar-refractivity contribution in [3.05, 3.63) is 54.1 Å². The Morgan fingerprint density at radius 1 is 1.04 bits per heavy atom. The number of hydrogen-bond acceptors (Lipinski definition) is 5. The predicted octanol–water partition coefficient (Wildman–Crippen LogP) is 1.04. The highest BCUT2D eigenvalue weighted by molar-refractivity contribution is 7.89. The van der Waals surface area contributed by atoms with Gasteiger partial charge in [0.25, 0.3) is 5.91 Å². The number of nitrogens with one attached hydrogen (secondary N) is 3. The van der Waals surface area contributed by atoms with Crippen LogP contribution in [0.5, 0.6) is 5.75 Å². The van der Waals surface area contributed by atoms with E-state index in [1.54, 1.807) is 43.3 Å². The third-order valence-electron chi connectivity index (χ3n) is 3.59. The fourth-order valence-corrected chi connectivity index (χ4v) is 3.17. The van der Waals surface area contributed by atoms with Gasteiger partial charge in [0.05, 0.1) is 11.4 Å². The Balaban J connectivity index is 1.87. The lowest BCUT2D eigenvalue weighted by atomic mass is 10.2. The first-order chi connectivity index (χ1) is 12.8. The van der Waals surface area contributed by atoms with Gasteiger partial charge in [0, 0.05) is 5.69 Å². The van der Waals surface area contributed by atoms with Crippen LogP contribution < -0.4 is 20.1 Å². The van der Waals surface area contributed by atoms with Crippen LogP contribution in [0.1, 0.15) is 5.56 Å². The Labute approximate surface area is 158 Å². The SMILES string of the molecule is CNS(=O)(=O)c1cc(NC(=O)CNC(=O)COc2ccccc2)ccc1C. The van der Waals surface area contributed by atoms with Gasteiger partial charge in [0.2, 0.25) is 15.9 Å². The van der Waals surface area contributed by atoms with E-state index in [4.69, 9.17) is 4.74 Å². The number of rotatable bonds is 8. The molecule has 0 fully saturated rings. The molecule has 27 heavy (non-hydrogen) atoms. The molecular weight excluding hydrogens is 370 g/mol. The molecule has 2 aromatic rings. The summed E-state index contributed by atoms with van der Waals surface area (Å²) in [5, 5.41) is 4.98. The molecule has 0 aliphatic rings. The van der Waals surface area contributed by atoms with E-state index in [1.807, 2.05) is 6.07 Å². The normalized spacial score (nSPS) is 10.9. The maximum Gasteiger partial charge on any atom is 0.258 e. The van der Waals surface area contributed by atoms with Gasteiger partial charge in [-0.25, -0.2) is 13.1 Å². The van der Waals surface area contributed by atoms with E-state index < -0.39 is 21.8 Å². The number of para-hydroxylation sites is 1. The number of benzene rings is 2. The maximum atomic E-state index is 12.0. The van der Waals surface area contributed by atoms with Crippen LogP contribution >= 0.6 is 0 Å². The molecule has 0 spiro atoms. The predicted molar refractivity (Wildman–Crippen MR) is 101 cm³/mol. The number of amides is 2. The summed E-state index contributed by atoms with van der Waals surface area (Å²) in [6.07, 6.45) is 0. The van der Waals surface area contributed by atoms with Gasteiger partial charge in [-0.1, -0.05) is 24.3 Å². The monoisotopic (exact) mass is 391 g/mol. The third-order valence-corrected chi connectivity index (χ3v) is 5.15. The second-order valence-electron chi connectivity index (χ2n) is 5.61. The molecule has 0 unspecified atom stereocenters. The van der Waals surface area contributed by atoms with Crippen molar-refractivity contribution in [1.82, 2.24) is 10.0 Å². The second kappa shape index (κ2) is 9.15. The van der Waals surface area contributed by atoms with Crippen molar-refractivity contribution < 1.29 is 22.7 Å². The molecule has 0 saturated carbocycles. The maximum absolute atomic E-state index is 12.0. The molecular formula is C18H21N3O5S. The van der Waals surface area contributed by atoms with E-state index in [9.17, 15) is 18.0 Å². The van der Waals surface area contributed by atoms with Crippen LogP contribution in [0.15, 0.2) is 53.4 Å². The summed E-state index contributed by atoms with van der Waals surface area (Å²) in [5.74, 6) is -0.383. The van der Waals surface area contributed by atoms with E-state index in [0.717, 1.165) is 0 Å². The number of carbonyl (C=O) groups is 2. The molecule has 0 saturated heterocycles. The minimum Gasteiger partial charge on any atom is -0.484 e. The standard InChI is InChI=1S/C18H21N3O5S/c1-13-8-9-14(10-16(13)27(24,25)19-2)21-17(22)11-20-18(23)12-26-15-6-4-3-5-7-15/h3-10,19H,11-12H2,1-2H3,(H,20,23)(H,21,22). The quantitative estimate of drug-likeness (QED) is 0.622. The first kappa shape index (κ1) is 20.4. The van der Waals surface area contributed by atoms with E-state index in [2.05, 4.69) is 15.4 Å². The lowest BCUT2D eigenvalue weighted by Crippen LogP contribution is -2.35. The Bertz CT molecular complexity index is 914. The summed E-state index contributed by atoms with van der Waals surface area (Å²) >= 11 is 0. The minimum absolute atomic E-state index is 0.0723. The molecule has 0 aliphatic carbocycles. The first-order valence-corrected chi connectivity index (χ1v) is 9.59.